The van der Waals surface area contributed by atoms with Crippen LogP contribution < -0.4 is 0 Å². The van der Waals surface area contributed by atoms with E-state index >= 15 is 0 Å². The number of nitrogens with zero attached hydrogens (tertiary/aromatic N) is 4. The van der Waals surface area contributed by atoms with Crippen molar-refractivity contribution in [2.75, 3.05) is 0 Å². The van der Waals surface area contributed by atoms with Gasteiger partial charge in [-0.25, -0.2) is 0 Å². The van der Waals surface area contributed by atoms with Crippen LogP contribution in [0, 0.1) is 13.8 Å². The lowest BCUT2D eigenvalue weighted by Crippen LogP contribution is -1.83. The van der Waals surface area contributed by atoms with Gasteiger partial charge in [-0.2, -0.15) is 17.5 Å². The number of thiophene rings is 2. The van der Waals surface area contributed by atoms with Crippen LogP contribution in [0.2, 0.25) is 0 Å². The molecule has 0 aliphatic rings. The Morgan fingerprint density at radius 1 is 0.556 bits per heavy atom. The van der Waals surface area contributed by atoms with Crippen LogP contribution in [0.1, 0.15) is 11.1 Å². The molecule has 0 atom stereocenters. The number of benzene rings is 4. The lowest BCUT2D eigenvalue weighted by Gasteiger charge is -2.08. The maximum Gasteiger partial charge on any atom is 0.113 e. The van der Waals surface area contributed by atoms with Crippen molar-refractivity contribution in [2.24, 2.45) is 0 Å². The molecular weight excluding hydrogens is 521 g/mol. The highest BCUT2D eigenvalue weighted by molar-refractivity contribution is 7.23. The Labute approximate surface area is 222 Å². The van der Waals surface area contributed by atoms with Gasteiger partial charge in [0.25, 0.3) is 0 Å². The summed E-state index contributed by atoms with van der Waals surface area (Å²) in [6.07, 6.45) is 0. The largest absolute Gasteiger partial charge is 0.173 e. The molecule has 8 aromatic rings. The zero-order chi connectivity index (χ0) is 24.0. The van der Waals surface area contributed by atoms with Crippen LogP contribution in [0.15, 0.2) is 60.7 Å². The molecule has 0 N–H and O–H groups in total. The van der Waals surface area contributed by atoms with Gasteiger partial charge in [0.2, 0.25) is 0 Å². The second kappa shape index (κ2) is 7.60. The molecule has 4 heterocycles. The van der Waals surface area contributed by atoms with E-state index in [4.69, 9.17) is 0 Å². The molecule has 0 amide bonds. The third-order valence-electron chi connectivity index (χ3n) is 7.00. The fourth-order valence-corrected chi connectivity index (χ4v) is 8.68. The van der Waals surface area contributed by atoms with E-state index in [-0.39, 0.29) is 0 Å². The van der Waals surface area contributed by atoms with Gasteiger partial charge in [-0.05, 0) is 82.9 Å². The van der Waals surface area contributed by atoms with Crippen LogP contribution in [-0.4, -0.2) is 17.5 Å². The summed E-state index contributed by atoms with van der Waals surface area (Å²) in [6, 6.07) is 21.9. The molecule has 0 saturated carbocycles. The summed E-state index contributed by atoms with van der Waals surface area (Å²) in [5.41, 5.74) is 8.92. The molecule has 0 bridgehead atoms. The Hall–Kier alpha value is -3.30. The SMILES string of the molecule is Cc1c2cc3cc(-c4cccc5nsnc45)sc3c(C)c2cc2cc(-c3cccc4nsnc34)sc12. The third kappa shape index (κ3) is 2.90. The Morgan fingerprint density at radius 3 is 1.50 bits per heavy atom. The van der Waals surface area contributed by atoms with Gasteiger partial charge in [-0.1, -0.05) is 24.3 Å². The van der Waals surface area contributed by atoms with Crippen molar-refractivity contribution in [2.45, 2.75) is 13.8 Å². The first-order chi connectivity index (χ1) is 17.7. The number of fused-ring (bicyclic) bond motifs is 5. The van der Waals surface area contributed by atoms with Gasteiger partial charge < -0.3 is 0 Å². The van der Waals surface area contributed by atoms with Crippen LogP contribution in [-0.2, 0) is 0 Å². The highest BCUT2D eigenvalue weighted by Crippen LogP contribution is 2.45. The topological polar surface area (TPSA) is 51.6 Å². The standard InChI is InChI=1S/C28H16N4S4/c1-13-19-9-16-12-24(18-6-4-8-22-26(18)32-36-30-22)34-28(16)14(2)20(19)10-15-11-23(33-27(13)15)17-5-3-7-21-25(17)31-35-29-21/h3-12H,1-2H3. The predicted octanol–water partition coefficient (Wildman–Crippen LogP) is 9.23. The maximum atomic E-state index is 4.57. The first-order valence-electron chi connectivity index (χ1n) is 11.5. The van der Waals surface area contributed by atoms with Crippen molar-refractivity contribution in [1.82, 2.24) is 17.5 Å². The van der Waals surface area contributed by atoms with Gasteiger partial charge in [-0.3, -0.25) is 0 Å². The quantitative estimate of drug-likeness (QED) is 0.221. The van der Waals surface area contributed by atoms with Crippen LogP contribution in [0.3, 0.4) is 0 Å². The summed E-state index contributed by atoms with van der Waals surface area (Å²) in [7, 11) is 0. The van der Waals surface area contributed by atoms with Crippen molar-refractivity contribution in [3.63, 3.8) is 0 Å². The first kappa shape index (κ1) is 20.8. The highest BCUT2D eigenvalue weighted by atomic mass is 32.1. The minimum absolute atomic E-state index is 0.966. The molecule has 0 spiro atoms. The molecule has 0 fully saturated rings. The second-order valence-electron chi connectivity index (χ2n) is 9.03. The van der Waals surface area contributed by atoms with Crippen LogP contribution in [0.25, 0.3) is 73.9 Å². The molecule has 0 aliphatic heterocycles. The van der Waals surface area contributed by atoms with E-state index in [2.05, 4.69) is 79.9 Å². The van der Waals surface area contributed by atoms with E-state index in [9.17, 15) is 0 Å². The van der Waals surface area contributed by atoms with Gasteiger partial charge in [-0.15, -0.1) is 22.7 Å². The van der Waals surface area contributed by atoms with Crippen LogP contribution in [0.4, 0.5) is 0 Å². The summed E-state index contributed by atoms with van der Waals surface area (Å²) in [5.74, 6) is 0. The zero-order valence-corrected chi connectivity index (χ0v) is 22.5. The maximum absolute atomic E-state index is 4.57. The predicted molar refractivity (Wildman–Crippen MR) is 157 cm³/mol. The fourth-order valence-electron chi connectivity index (χ4n) is 5.22. The molecule has 0 radical (unpaired) electrons. The van der Waals surface area contributed by atoms with Gasteiger partial charge in [0.05, 0.1) is 23.5 Å². The molecular formula is C28H16N4S4. The van der Waals surface area contributed by atoms with Crippen molar-refractivity contribution < 1.29 is 0 Å². The molecule has 0 unspecified atom stereocenters. The molecule has 0 aliphatic carbocycles. The molecule has 8 rings (SSSR count). The van der Waals surface area contributed by atoms with E-state index in [0.717, 1.165) is 22.1 Å². The molecule has 172 valence electrons. The Morgan fingerprint density at radius 2 is 1.03 bits per heavy atom. The van der Waals surface area contributed by atoms with Crippen molar-refractivity contribution >= 4 is 99.1 Å². The monoisotopic (exact) mass is 536 g/mol. The van der Waals surface area contributed by atoms with Gasteiger partial charge in [0.1, 0.15) is 22.1 Å². The average molecular weight is 537 g/mol. The summed E-state index contributed by atoms with van der Waals surface area (Å²) in [6.45, 7) is 4.52. The smallest absolute Gasteiger partial charge is 0.113 e. The van der Waals surface area contributed by atoms with Crippen LogP contribution >= 0.6 is 46.1 Å². The zero-order valence-electron chi connectivity index (χ0n) is 19.2. The number of aromatic nitrogens is 4. The summed E-state index contributed by atoms with van der Waals surface area (Å²) >= 11 is 6.26. The number of hydrogen-bond donors (Lipinski definition) is 0. The lowest BCUT2D eigenvalue weighted by molar-refractivity contribution is 1.58. The van der Waals surface area contributed by atoms with Gasteiger partial charge in [0, 0.05) is 30.3 Å². The third-order valence-corrected chi connectivity index (χ3v) is 10.7. The number of hydrogen-bond acceptors (Lipinski definition) is 8. The summed E-state index contributed by atoms with van der Waals surface area (Å²) in [4.78, 5) is 2.49. The van der Waals surface area contributed by atoms with E-state index in [1.165, 1.54) is 86.4 Å². The van der Waals surface area contributed by atoms with E-state index in [0.29, 0.717) is 0 Å². The van der Waals surface area contributed by atoms with E-state index < -0.39 is 0 Å². The van der Waals surface area contributed by atoms with Gasteiger partial charge in [0.15, 0.2) is 0 Å². The molecule has 0 saturated heterocycles. The Kier molecular flexibility index (Phi) is 4.40. The lowest BCUT2D eigenvalue weighted by atomic mass is 9.97. The Bertz CT molecular complexity index is 1990. The molecule has 4 nitrogen and oxygen atoms in total. The average Bonchev–Trinajstić information content (AvgIpc) is 3.69. The molecule has 4 aromatic carbocycles. The molecule has 4 aromatic heterocycles. The second-order valence-corrected chi connectivity index (χ2v) is 12.2. The minimum Gasteiger partial charge on any atom is -0.173 e. The van der Waals surface area contributed by atoms with Gasteiger partial charge >= 0.3 is 0 Å². The number of rotatable bonds is 2. The normalized spacial score (nSPS) is 12.2. The van der Waals surface area contributed by atoms with Crippen molar-refractivity contribution in [1.29, 1.82) is 0 Å². The molecule has 36 heavy (non-hydrogen) atoms. The van der Waals surface area contributed by atoms with Crippen molar-refractivity contribution in [3.8, 4) is 20.9 Å². The fraction of sp³-hybridized carbons (Fsp3) is 0.0714. The molecule has 8 heteroatoms. The first-order valence-corrected chi connectivity index (χ1v) is 14.6. The highest BCUT2D eigenvalue weighted by Gasteiger charge is 2.17. The minimum atomic E-state index is 0.966. The summed E-state index contributed by atoms with van der Waals surface area (Å²) in [5, 5.41) is 5.23. The van der Waals surface area contributed by atoms with E-state index in [1.54, 1.807) is 0 Å². The number of aryl methyl sites for hydroxylation is 2. The van der Waals surface area contributed by atoms with E-state index in [1.807, 2.05) is 34.8 Å². The summed E-state index contributed by atoms with van der Waals surface area (Å²) < 4.78 is 20.7. The van der Waals surface area contributed by atoms with Crippen molar-refractivity contribution in [3.05, 3.63) is 71.8 Å². The van der Waals surface area contributed by atoms with Crippen LogP contribution in [0.5, 0.6) is 0 Å². The Balaban J connectivity index is 1.36.